The summed E-state index contributed by atoms with van der Waals surface area (Å²) in [6, 6.07) is 6.09. The zero-order chi connectivity index (χ0) is 11.1. The first-order valence-electron chi connectivity index (χ1n) is 5.19. The fourth-order valence-corrected chi connectivity index (χ4v) is 1.81. The Kier molecular flexibility index (Phi) is 6.11. The molecule has 0 N–H and O–H groups in total. The number of alkyl halides is 1. The van der Waals surface area contributed by atoms with Gasteiger partial charge in [0.2, 0.25) is 0 Å². The Morgan fingerprint density at radius 1 is 1.27 bits per heavy atom. The van der Waals surface area contributed by atoms with Crippen molar-refractivity contribution in [2.24, 2.45) is 0 Å². The minimum atomic E-state index is 0.746. The van der Waals surface area contributed by atoms with Crippen LogP contribution in [0.15, 0.2) is 22.7 Å². The standard InChI is InChI=1S/C12H16BrClO/c1-10-5-6-11(13)9-12(10)15-8-4-2-3-7-14/h5-6,9H,2-4,7-8H2,1H3. The maximum absolute atomic E-state index is 5.69. The number of rotatable bonds is 6. The summed E-state index contributed by atoms with van der Waals surface area (Å²) >= 11 is 9.03. The summed E-state index contributed by atoms with van der Waals surface area (Å²) in [5.41, 5.74) is 1.18. The lowest BCUT2D eigenvalue weighted by atomic mass is 10.2. The molecule has 84 valence electrons. The molecule has 0 unspecified atom stereocenters. The lowest BCUT2D eigenvalue weighted by Gasteiger charge is -2.09. The highest BCUT2D eigenvalue weighted by atomic mass is 79.9. The Morgan fingerprint density at radius 3 is 2.80 bits per heavy atom. The molecule has 0 bridgehead atoms. The first-order valence-corrected chi connectivity index (χ1v) is 6.51. The van der Waals surface area contributed by atoms with Crippen molar-refractivity contribution in [3.8, 4) is 5.75 Å². The Labute approximate surface area is 105 Å². The summed E-state index contributed by atoms with van der Waals surface area (Å²) in [5, 5.41) is 0. The van der Waals surface area contributed by atoms with Crippen molar-refractivity contribution >= 4 is 27.5 Å². The van der Waals surface area contributed by atoms with E-state index in [-0.39, 0.29) is 0 Å². The Balaban J connectivity index is 2.33. The van der Waals surface area contributed by atoms with Crippen LogP contribution in [0.25, 0.3) is 0 Å². The topological polar surface area (TPSA) is 9.23 Å². The lowest BCUT2D eigenvalue weighted by Crippen LogP contribution is -1.98. The Bertz CT molecular complexity index is 302. The summed E-state index contributed by atoms with van der Waals surface area (Å²) in [4.78, 5) is 0. The van der Waals surface area contributed by atoms with Crippen LogP contribution >= 0.6 is 27.5 Å². The quantitative estimate of drug-likeness (QED) is 0.552. The van der Waals surface area contributed by atoms with E-state index in [1.807, 2.05) is 12.1 Å². The fourth-order valence-electron chi connectivity index (χ4n) is 1.28. The molecule has 0 radical (unpaired) electrons. The molecule has 1 rings (SSSR count). The molecule has 0 aliphatic carbocycles. The van der Waals surface area contributed by atoms with Crippen LogP contribution in [-0.2, 0) is 0 Å². The highest BCUT2D eigenvalue weighted by Crippen LogP contribution is 2.23. The van der Waals surface area contributed by atoms with Gasteiger partial charge in [-0.15, -0.1) is 11.6 Å². The van der Waals surface area contributed by atoms with Crippen LogP contribution in [0.3, 0.4) is 0 Å². The summed E-state index contributed by atoms with van der Waals surface area (Å²) in [5.74, 6) is 1.71. The molecule has 1 nitrogen and oxygen atoms in total. The van der Waals surface area contributed by atoms with Gasteiger partial charge < -0.3 is 4.74 Å². The fraction of sp³-hybridized carbons (Fsp3) is 0.500. The van der Waals surface area contributed by atoms with Crippen LogP contribution in [-0.4, -0.2) is 12.5 Å². The number of halogens is 2. The van der Waals surface area contributed by atoms with Gasteiger partial charge in [0.1, 0.15) is 5.75 Å². The minimum absolute atomic E-state index is 0.746. The molecule has 0 saturated carbocycles. The van der Waals surface area contributed by atoms with Crippen molar-refractivity contribution in [2.45, 2.75) is 26.2 Å². The van der Waals surface area contributed by atoms with E-state index >= 15 is 0 Å². The van der Waals surface area contributed by atoms with Gasteiger partial charge in [0.05, 0.1) is 6.61 Å². The average Bonchev–Trinajstić information content (AvgIpc) is 2.23. The van der Waals surface area contributed by atoms with Crippen LogP contribution < -0.4 is 4.74 Å². The Hall–Kier alpha value is -0.210. The van der Waals surface area contributed by atoms with E-state index in [1.54, 1.807) is 0 Å². The second-order valence-corrected chi connectivity index (χ2v) is 4.80. The summed E-state index contributed by atoms with van der Waals surface area (Å²) < 4.78 is 6.75. The third kappa shape index (κ3) is 4.89. The minimum Gasteiger partial charge on any atom is -0.493 e. The molecule has 3 heteroatoms. The second kappa shape index (κ2) is 7.13. The summed E-state index contributed by atoms with van der Waals surface area (Å²) in [7, 11) is 0. The van der Waals surface area contributed by atoms with Crippen LogP contribution in [0.4, 0.5) is 0 Å². The van der Waals surface area contributed by atoms with E-state index in [0.717, 1.165) is 42.0 Å². The van der Waals surface area contributed by atoms with Gasteiger partial charge in [-0.3, -0.25) is 0 Å². The van der Waals surface area contributed by atoms with Crippen molar-refractivity contribution in [1.29, 1.82) is 0 Å². The molecular weight excluding hydrogens is 275 g/mol. The van der Waals surface area contributed by atoms with Gasteiger partial charge in [-0.2, -0.15) is 0 Å². The summed E-state index contributed by atoms with van der Waals surface area (Å²) in [6.07, 6.45) is 3.28. The second-order valence-electron chi connectivity index (χ2n) is 3.51. The molecule has 0 saturated heterocycles. The van der Waals surface area contributed by atoms with E-state index in [1.165, 1.54) is 5.56 Å². The van der Waals surface area contributed by atoms with Gasteiger partial charge in [0.15, 0.2) is 0 Å². The number of ether oxygens (including phenoxy) is 1. The molecule has 0 amide bonds. The number of hydrogen-bond donors (Lipinski definition) is 0. The highest BCUT2D eigenvalue weighted by Gasteiger charge is 1.99. The molecule has 0 aliphatic heterocycles. The molecule has 0 heterocycles. The highest BCUT2D eigenvalue weighted by molar-refractivity contribution is 9.10. The van der Waals surface area contributed by atoms with E-state index in [2.05, 4.69) is 28.9 Å². The van der Waals surface area contributed by atoms with Gasteiger partial charge in [-0.1, -0.05) is 22.0 Å². The molecule has 1 aromatic rings. The number of hydrogen-bond acceptors (Lipinski definition) is 1. The SMILES string of the molecule is Cc1ccc(Br)cc1OCCCCCCl. The molecule has 0 fully saturated rings. The van der Waals surface area contributed by atoms with Crippen LogP contribution in [0.1, 0.15) is 24.8 Å². The summed E-state index contributed by atoms with van der Waals surface area (Å²) in [6.45, 7) is 2.83. The molecule has 0 atom stereocenters. The van der Waals surface area contributed by atoms with Gasteiger partial charge >= 0.3 is 0 Å². The van der Waals surface area contributed by atoms with Crippen LogP contribution in [0.5, 0.6) is 5.75 Å². The first kappa shape index (κ1) is 12.9. The van der Waals surface area contributed by atoms with Crippen molar-refractivity contribution in [3.05, 3.63) is 28.2 Å². The number of aryl methyl sites for hydroxylation is 1. The van der Waals surface area contributed by atoms with E-state index in [4.69, 9.17) is 16.3 Å². The van der Waals surface area contributed by atoms with E-state index in [0.29, 0.717) is 0 Å². The van der Waals surface area contributed by atoms with Crippen LogP contribution in [0.2, 0.25) is 0 Å². The largest absolute Gasteiger partial charge is 0.493 e. The predicted molar refractivity (Wildman–Crippen MR) is 68.9 cm³/mol. The molecule has 0 spiro atoms. The van der Waals surface area contributed by atoms with Crippen molar-refractivity contribution in [1.82, 2.24) is 0 Å². The zero-order valence-electron chi connectivity index (χ0n) is 8.93. The predicted octanol–water partition coefficient (Wildman–Crippen LogP) is 4.55. The van der Waals surface area contributed by atoms with Gasteiger partial charge in [-0.25, -0.2) is 0 Å². The maximum atomic E-state index is 5.69. The Morgan fingerprint density at radius 2 is 2.07 bits per heavy atom. The first-order chi connectivity index (χ1) is 7.24. The third-order valence-electron chi connectivity index (χ3n) is 2.19. The smallest absolute Gasteiger partial charge is 0.123 e. The number of benzene rings is 1. The van der Waals surface area contributed by atoms with E-state index < -0.39 is 0 Å². The van der Waals surface area contributed by atoms with Gasteiger partial charge in [0.25, 0.3) is 0 Å². The van der Waals surface area contributed by atoms with Gasteiger partial charge in [-0.05, 0) is 43.9 Å². The third-order valence-corrected chi connectivity index (χ3v) is 2.95. The van der Waals surface area contributed by atoms with Crippen molar-refractivity contribution in [2.75, 3.05) is 12.5 Å². The number of unbranched alkanes of at least 4 members (excludes halogenated alkanes) is 2. The van der Waals surface area contributed by atoms with Crippen molar-refractivity contribution < 1.29 is 4.74 Å². The molecule has 1 aromatic carbocycles. The molecular formula is C12H16BrClO. The normalized spacial score (nSPS) is 10.3. The molecule has 15 heavy (non-hydrogen) atoms. The maximum Gasteiger partial charge on any atom is 0.123 e. The van der Waals surface area contributed by atoms with Crippen molar-refractivity contribution in [3.63, 3.8) is 0 Å². The van der Waals surface area contributed by atoms with E-state index in [9.17, 15) is 0 Å². The molecule has 0 aromatic heterocycles. The lowest BCUT2D eigenvalue weighted by molar-refractivity contribution is 0.304. The average molecular weight is 292 g/mol. The molecule has 0 aliphatic rings. The van der Waals surface area contributed by atoms with Gasteiger partial charge in [0, 0.05) is 10.4 Å². The zero-order valence-corrected chi connectivity index (χ0v) is 11.3. The van der Waals surface area contributed by atoms with Crippen LogP contribution in [0, 0.1) is 6.92 Å². The monoisotopic (exact) mass is 290 g/mol.